The molecule has 0 spiro atoms. The van der Waals surface area contributed by atoms with Gasteiger partial charge in [-0.3, -0.25) is 4.90 Å². The maximum absolute atomic E-state index is 13.4. The van der Waals surface area contributed by atoms with E-state index in [-0.39, 0.29) is 12.4 Å². The Labute approximate surface area is 123 Å². The summed E-state index contributed by atoms with van der Waals surface area (Å²) in [4.78, 5) is 2.28. The lowest BCUT2D eigenvalue weighted by atomic mass is 9.97. The third kappa shape index (κ3) is 3.92. The molecule has 1 unspecified atom stereocenters. The highest BCUT2D eigenvalue weighted by Gasteiger charge is 2.23. The van der Waals surface area contributed by atoms with Crippen LogP contribution in [0, 0.1) is 5.82 Å². The molecule has 0 amide bonds. The molecule has 1 aliphatic heterocycles. The average molecular weight is 295 g/mol. The molecule has 0 radical (unpaired) electrons. The summed E-state index contributed by atoms with van der Waals surface area (Å²) < 4.78 is 13.4. The number of hydrogen-bond acceptors (Lipinski definition) is 4. The van der Waals surface area contributed by atoms with Gasteiger partial charge in [0.2, 0.25) is 0 Å². The van der Waals surface area contributed by atoms with Crippen LogP contribution in [-0.4, -0.2) is 40.2 Å². The Morgan fingerprint density at radius 3 is 2.95 bits per heavy atom. The molecule has 2 rings (SSSR count). The van der Waals surface area contributed by atoms with Crippen LogP contribution in [0.15, 0.2) is 23.4 Å². The lowest BCUT2D eigenvalue weighted by Gasteiger charge is -2.35. The highest BCUT2D eigenvalue weighted by molar-refractivity contribution is 5.98. The molecule has 0 bridgehead atoms. The number of oxime groups is 1. The molecular weight excluding hydrogens is 273 g/mol. The van der Waals surface area contributed by atoms with E-state index in [0.717, 1.165) is 37.8 Å². The number of aliphatic hydroxyl groups excluding tert-OH is 1. The van der Waals surface area contributed by atoms with Crippen molar-refractivity contribution in [1.29, 1.82) is 0 Å². The van der Waals surface area contributed by atoms with Crippen LogP contribution >= 0.6 is 0 Å². The van der Waals surface area contributed by atoms with E-state index in [1.54, 1.807) is 6.07 Å². The number of hydrogen-bond donors (Lipinski definition) is 3. The van der Waals surface area contributed by atoms with E-state index < -0.39 is 5.82 Å². The minimum absolute atomic E-state index is 0.0831. The smallest absolute Gasteiger partial charge is 0.170 e. The Bertz CT molecular complexity index is 506. The maximum atomic E-state index is 13.4. The summed E-state index contributed by atoms with van der Waals surface area (Å²) in [5, 5.41) is 21.0. The van der Waals surface area contributed by atoms with Crippen molar-refractivity contribution in [3.8, 4) is 0 Å². The van der Waals surface area contributed by atoms with E-state index >= 15 is 0 Å². The zero-order valence-corrected chi connectivity index (χ0v) is 12.0. The number of benzene rings is 1. The molecule has 1 aromatic carbocycles. The number of nitrogens with zero attached hydrogens (tertiary/aromatic N) is 2. The van der Waals surface area contributed by atoms with Crippen molar-refractivity contribution in [2.24, 2.45) is 10.9 Å². The van der Waals surface area contributed by atoms with Crippen LogP contribution in [0.4, 0.5) is 4.39 Å². The van der Waals surface area contributed by atoms with Gasteiger partial charge in [0.05, 0.1) is 0 Å². The first-order valence-electron chi connectivity index (χ1n) is 7.27. The summed E-state index contributed by atoms with van der Waals surface area (Å²) in [6.07, 6.45) is 4.07. The van der Waals surface area contributed by atoms with Gasteiger partial charge in [-0.2, -0.15) is 0 Å². The Kier molecular flexibility index (Phi) is 5.52. The van der Waals surface area contributed by atoms with Crippen molar-refractivity contribution < 1.29 is 14.7 Å². The van der Waals surface area contributed by atoms with Crippen LogP contribution in [0.25, 0.3) is 0 Å². The molecular formula is C15H22FN3O2. The maximum Gasteiger partial charge on any atom is 0.170 e. The molecule has 4 N–H and O–H groups in total. The predicted molar refractivity (Wildman–Crippen MR) is 78.7 cm³/mol. The zero-order chi connectivity index (χ0) is 15.2. The topological polar surface area (TPSA) is 82.1 Å². The second-order valence-corrected chi connectivity index (χ2v) is 5.42. The number of halogens is 1. The summed E-state index contributed by atoms with van der Waals surface area (Å²) in [5.74, 6) is -0.494. The monoisotopic (exact) mass is 295 g/mol. The average Bonchev–Trinajstić information content (AvgIpc) is 2.50. The number of amidine groups is 1. The molecule has 116 valence electrons. The normalized spacial score (nSPS) is 20.7. The molecule has 5 nitrogen and oxygen atoms in total. The highest BCUT2D eigenvalue weighted by Crippen LogP contribution is 2.23. The largest absolute Gasteiger partial charge is 0.409 e. The van der Waals surface area contributed by atoms with Crippen molar-refractivity contribution in [3.63, 3.8) is 0 Å². The van der Waals surface area contributed by atoms with Gasteiger partial charge < -0.3 is 16.0 Å². The number of likely N-dealkylation sites (tertiary alicyclic amines) is 1. The standard InChI is InChI=1S/C15H22FN3O2/c16-12-5-4-11(14(9-12)15(17)18-21)10-19-7-2-1-3-13(19)6-8-20/h4-5,9,13,20-21H,1-3,6-8,10H2,(H2,17,18). The summed E-state index contributed by atoms with van der Waals surface area (Å²) in [6, 6.07) is 4.67. The number of piperidine rings is 1. The Balaban J connectivity index is 2.21. The fourth-order valence-electron chi connectivity index (χ4n) is 2.94. The van der Waals surface area contributed by atoms with Gasteiger partial charge in [-0.1, -0.05) is 17.6 Å². The van der Waals surface area contributed by atoms with E-state index in [0.29, 0.717) is 18.2 Å². The Morgan fingerprint density at radius 1 is 1.43 bits per heavy atom. The van der Waals surface area contributed by atoms with Gasteiger partial charge in [-0.05, 0) is 43.5 Å². The van der Waals surface area contributed by atoms with E-state index in [2.05, 4.69) is 10.1 Å². The molecule has 0 aliphatic carbocycles. The molecule has 21 heavy (non-hydrogen) atoms. The molecule has 1 fully saturated rings. The highest BCUT2D eigenvalue weighted by atomic mass is 19.1. The van der Waals surface area contributed by atoms with E-state index in [9.17, 15) is 9.50 Å². The first kappa shape index (κ1) is 15.7. The second kappa shape index (κ2) is 7.38. The van der Waals surface area contributed by atoms with Gasteiger partial charge in [0, 0.05) is 24.8 Å². The molecule has 1 atom stereocenters. The van der Waals surface area contributed by atoms with Crippen LogP contribution < -0.4 is 5.73 Å². The van der Waals surface area contributed by atoms with Gasteiger partial charge >= 0.3 is 0 Å². The fourth-order valence-corrected chi connectivity index (χ4v) is 2.94. The van der Waals surface area contributed by atoms with Crippen LogP contribution in [0.5, 0.6) is 0 Å². The second-order valence-electron chi connectivity index (χ2n) is 5.42. The Morgan fingerprint density at radius 2 is 2.24 bits per heavy atom. The SMILES string of the molecule is NC(=NO)c1cc(F)ccc1CN1CCCCC1CCO. The first-order valence-corrected chi connectivity index (χ1v) is 7.27. The molecule has 0 aromatic heterocycles. The van der Waals surface area contributed by atoms with Gasteiger partial charge in [-0.15, -0.1) is 0 Å². The lowest BCUT2D eigenvalue weighted by Crippen LogP contribution is -2.39. The predicted octanol–water partition coefficient (Wildman–Crippen LogP) is 1.66. The van der Waals surface area contributed by atoms with Crippen molar-refractivity contribution in [2.75, 3.05) is 13.2 Å². The molecule has 6 heteroatoms. The van der Waals surface area contributed by atoms with Gasteiger partial charge in [-0.25, -0.2) is 4.39 Å². The quantitative estimate of drug-likeness (QED) is 0.334. The summed E-state index contributed by atoms with van der Waals surface area (Å²) in [7, 11) is 0. The van der Waals surface area contributed by atoms with Gasteiger partial charge in [0.15, 0.2) is 5.84 Å². The fraction of sp³-hybridized carbons (Fsp3) is 0.533. The van der Waals surface area contributed by atoms with Crippen molar-refractivity contribution >= 4 is 5.84 Å². The van der Waals surface area contributed by atoms with Crippen molar-refractivity contribution in [3.05, 3.63) is 35.1 Å². The molecule has 1 saturated heterocycles. The van der Waals surface area contributed by atoms with Crippen LogP contribution in [0.1, 0.15) is 36.8 Å². The summed E-state index contributed by atoms with van der Waals surface area (Å²) in [6.45, 7) is 1.71. The number of rotatable bonds is 5. The first-order chi connectivity index (χ1) is 10.2. The molecule has 0 saturated carbocycles. The van der Waals surface area contributed by atoms with E-state index in [4.69, 9.17) is 10.9 Å². The van der Waals surface area contributed by atoms with Crippen molar-refractivity contribution in [1.82, 2.24) is 4.90 Å². The number of aliphatic hydroxyl groups is 1. The van der Waals surface area contributed by atoms with Crippen LogP contribution in [0.3, 0.4) is 0 Å². The third-order valence-electron chi connectivity index (χ3n) is 4.04. The van der Waals surface area contributed by atoms with E-state index in [1.807, 2.05) is 0 Å². The third-order valence-corrected chi connectivity index (χ3v) is 4.04. The summed E-state index contributed by atoms with van der Waals surface area (Å²) in [5.41, 5.74) is 6.89. The Hall–Kier alpha value is -1.66. The molecule has 1 aromatic rings. The molecule has 1 heterocycles. The minimum atomic E-state index is -0.411. The van der Waals surface area contributed by atoms with E-state index in [1.165, 1.54) is 12.1 Å². The van der Waals surface area contributed by atoms with Crippen LogP contribution in [0.2, 0.25) is 0 Å². The van der Waals surface area contributed by atoms with Gasteiger partial charge in [0.25, 0.3) is 0 Å². The number of nitrogens with two attached hydrogens (primary N) is 1. The molecule has 1 aliphatic rings. The van der Waals surface area contributed by atoms with Crippen LogP contribution in [-0.2, 0) is 6.54 Å². The minimum Gasteiger partial charge on any atom is -0.409 e. The lowest BCUT2D eigenvalue weighted by molar-refractivity contribution is 0.112. The van der Waals surface area contributed by atoms with Crippen molar-refractivity contribution in [2.45, 2.75) is 38.3 Å². The van der Waals surface area contributed by atoms with Gasteiger partial charge in [0.1, 0.15) is 5.82 Å². The summed E-state index contributed by atoms with van der Waals surface area (Å²) >= 11 is 0. The zero-order valence-electron chi connectivity index (χ0n) is 12.0.